The maximum absolute atomic E-state index is 11.7. The van der Waals surface area contributed by atoms with Gasteiger partial charge in [0.15, 0.2) is 0 Å². The molecule has 2 amide bonds. The van der Waals surface area contributed by atoms with Crippen LogP contribution in [0, 0.1) is 5.92 Å². The SMILES string of the molecule is COc1ccc(CN(CCNC(=O)C2CC2)C(C)=O)cc1. The van der Waals surface area contributed by atoms with Gasteiger partial charge in [-0.2, -0.15) is 0 Å². The molecule has 5 nitrogen and oxygen atoms in total. The maximum Gasteiger partial charge on any atom is 0.223 e. The number of methoxy groups -OCH3 is 1. The van der Waals surface area contributed by atoms with Gasteiger partial charge < -0.3 is 15.0 Å². The fourth-order valence-electron chi connectivity index (χ4n) is 2.10. The molecule has 1 N–H and O–H groups in total. The van der Waals surface area contributed by atoms with E-state index in [1.165, 1.54) is 0 Å². The largest absolute Gasteiger partial charge is 0.497 e. The van der Waals surface area contributed by atoms with Crippen molar-refractivity contribution in [3.63, 3.8) is 0 Å². The lowest BCUT2D eigenvalue weighted by Crippen LogP contribution is -2.37. The van der Waals surface area contributed by atoms with Gasteiger partial charge in [0.05, 0.1) is 7.11 Å². The summed E-state index contributed by atoms with van der Waals surface area (Å²) in [6.45, 7) is 3.12. The first-order valence-corrected chi connectivity index (χ1v) is 7.26. The minimum atomic E-state index is 0.00601. The summed E-state index contributed by atoms with van der Waals surface area (Å²) in [6.07, 6.45) is 1.99. The van der Waals surface area contributed by atoms with E-state index in [0.717, 1.165) is 24.2 Å². The number of carbonyl (C=O) groups excluding carboxylic acids is 2. The monoisotopic (exact) mass is 290 g/mol. The molecule has 5 heteroatoms. The lowest BCUT2D eigenvalue weighted by Gasteiger charge is -2.21. The molecule has 21 heavy (non-hydrogen) atoms. The first-order chi connectivity index (χ1) is 10.1. The molecule has 0 saturated heterocycles. The highest BCUT2D eigenvalue weighted by molar-refractivity contribution is 5.80. The molecule has 0 radical (unpaired) electrons. The highest BCUT2D eigenvalue weighted by Crippen LogP contribution is 2.28. The molecule has 0 bridgehead atoms. The lowest BCUT2D eigenvalue weighted by molar-refractivity contribution is -0.130. The predicted molar refractivity (Wildman–Crippen MR) is 79.8 cm³/mol. The van der Waals surface area contributed by atoms with Gasteiger partial charge in [-0.1, -0.05) is 12.1 Å². The molecule has 1 aromatic carbocycles. The molecule has 0 unspecified atom stereocenters. The highest BCUT2D eigenvalue weighted by atomic mass is 16.5. The van der Waals surface area contributed by atoms with Gasteiger partial charge in [0, 0.05) is 32.5 Å². The van der Waals surface area contributed by atoms with E-state index < -0.39 is 0 Å². The molecule has 0 atom stereocenters. The number of nitrogens with zero attached hydrogens (tertiary/aromatic N) is 1. The van der Waals surface area contributed by atoms with Crippen molar-refractivity contribution in [1.29, 1.82) is 0 Å². The van der Waals surface area contributed by atoms with Gasteiger partial charge in [0.1, 0.15) is 5.75 Å². The summed E-state index contributed by atoms with van der Waals surface area (Å²) >= 11 is 0. The number of nitrogens with one attached hydrogen (secondary N) is 1. The minimum Gasteiger partial charge on any atom is -0.497 e. The highest BCUT2D eigenvalue weighted by Gasteiger charge is 2.29. The van der Waals surface area contributed by atoms with E-state index in [-0.39, 0.29) is 17.7 Å². The summed E-state index contributed by atoms with van der Waals surface area (Å²) in [5.74, 6) is 1.12. The second-order valence-electron chi connectivity index (χ2n) is 5.35. The van der Waals surface area contributed by atoms with E-state index in [9.17, 15) is 9.59 Å². The van der Waals surface area contributed by atoms with Gasteiger partial charge in [-0.05, 0) is 30.5 Å². The van der Waals surface area contributed by atoms with E-state index in [4.69, 9.17) is 4.74 Å². The second kappa shape index (κ2) is 7.11. The van der Waals surface area contributed by atoms with Crippen LogP contribution in [0.4, 0.5) is 0 Å². The minimum absolute atomic E-state index is 0.00601. The van der Waals surface area contributed by atoms with E-state index in [1.807, 2.05) is 24.3 Å². The standard InChI is InChI=1S/C16H22N2O3/c1-12(19)18(10-9-17-16(20)14-5-6-14)11-13-3-7-15(21-2)8-4-13/h3-4,7-8,14H,5-6,9-11H2,1-2H3,(H,17,20). The molecule has 114 valence electrons. The number of hydrogen-bond donors (Lipinski definition) is 1. The van der Waals surface area contributed by atoms with Crippen molar-refractivity contribution >= 4 is 11.8 Å². The molecular weight excluding hydrogens is 268 g/mol. The van der Waals surface area contributed by atoms with Crippen LogP contribution in [0.2, 0.25) is 0 Å². The van der Waals surface area contributed by atoms with Gasteiger partial charge in [-0.25, -0.2) is 0 Å². The normalized spacial score (nSPS) is 13.6. The van der Waals surface area contributed by atoms with Crippen molar-refractivity contribution in [2.24, 2.45) is 5.92 Å². The smallest absolute Gasteiger partial charge is 0.223 e. The van der Waals surface area contributed by atoms with Gasteiger partial charge in [0.2, 0.25) is 11.8 Å². The quantitative estimate of drug-likeness (QED) is 0.829. The van der Waals surface area contributed by atoms with E-state index in [0.29, 0.717) is 19.6 Å². The van der Waals surface area contributed by atoms with Crippen molar-refractivity contribution in [1.82, 2.24) is 10.2 Å². The number of ether oxygens (including phenoxy) is 1. The Balaban J connectivity index is 1.82. The predicted octanol–water partition coefficient (Wildman–Crippen LogP) is 1.57. The third kappa shape index (κ3) is 4.77. The van der Waals surface area contributed by atoms with Crippen LogP contribution in [0.1, 0.15) is 25.3 Å². The summed E-state index contributed by atoms with van der Waals surface area (Å²) in [7, 11) is 1.62. The van der Waals surface area contributed by atoms with Crippen molar-refractivity contribution < 1.29 is 14.3 Å². The Bertz CT molecular complexity index is 495. The number of rotatable bonds is 7. The van der Waals surface area contributed by atoms with Gasteiger partial charge in [0.25, 0.3) is 0 Å². The molecule has 1 saturated carbocycles. The van der Waals surface area contributed by atoms with E-state index in [2.05, 4.69) is 5.32 Å². The zero-order chi connectivity index (χ0) is 15.2. The van der Waals surface area contributed by atoms with Gasteiger partial charge in [-0.3, -0.25) is 9.59 Å². The third-order valence-electron chi connectivity index (χ3n) is 3.61. The maximum atomic E-state index is 11.7. The Labute approximate surface area is 125 Å². The molecule has 0 spiro atoms. The van der Waals surface area contributed by atoms with Crippen LogP contribution in [0.5, 0.6) is 5.75 Å². The Morgan fingerprint density at radius 3 is 2.48 bits per heavy atom. The molecule has 0 aromatic heterocycles. The zero-order valence-corrected chi connectivity index (χ0v) is 12.6. The first kappa shape index (κ1) is 15.4. The summed E-state index contributed by atoms with van der Waals surface area (Å²) in [5, 5.41) is 2.88. The molecule has 2 rings (SSSR count). The lowest BCUT2D eigenvalue weighted by atomic mass is 10.2. The molecule has 0 heterocycles. The number of carbonyl (C=O) groups is 2. The third-order valence-corrected chi connectivity index (χ3v) is 3.61. The first-order valence-electron chi connectivity index (χ1n) is 7.26. The van der Waals surface area contributed by atoms with Crippen molar-refractivity contribution in [2.75, 3.05) is 20.2 Å². The molecule has 1 fully saturated rings. The topological polar surface area (TPSA) is 58.6 Å². The zero-order valence-electron chi connectivity index (χ0n) is 12.6. The molecule has 1 aromatic rings. The molecule has 0 aliphatic heterocycles. The molecule has 1 aliphatic rings. The average Bonchev–Trinajstić information content (AvgIpc) is 3.31. The second-order valence-corrected chi connectivity index (χ2v) is 5.35. The van der Waals surface area contributed by atoms with Crippen LogP contribution >= 0.6 is 0 Å². The van der Waals surface area contributed by atoms with Crippen LogP contribution in [-0.4, -0.2) is 36.9 Å². The summed E-state index contributed by atoms with van der Waals surface area (Å²) < 4.78 is 5.11. The van der Waals surface area contributed by atoms with E-state index in [1.54, 1.807) is 18.9 Å². The van der Waals surface area contributed by atoms with Crippen LogP contribution in [-0.2, 0) is 16.1 Å². The fraction of sp³-hybridized carbons (Fsp3) is 0.500. The Morgan fingerprint density at radius 1 is 1.29 bits per heavy atom. The van der Waals surface area contributed by atoms with Crippen molar-refractivity contribution in [3.05, 3.63) is 29.8 Å². The van der Waals surface area contributed by atoms with Crippen LogP contribution in [0.3, 0.4) is 0 Å². The van der Waals surface area contributed by atoms with Crippen LogP contribution in [0.25, 0.3) is 0 Å². The molecule has 1 aliphatic carbocycles. The molecular formula is C16H22N2O3. The summed E-state index contributed by atoms with van der Waals surface area (Å²) in [5.41, 5.74) is 1.04. The van der Waals surface area contributed by atoms with E-state index >= 15 is 0 Å². The fourth-order valence-corrected chi connectivity index (χ4v) is 2.10. The van der Waals surface area contributed by atoms with Gasteiger partial charge in [-0.15, -0.1) is 0 Å². The average molecular weight is 290 g/mol. The Morgan fingerprint density at radius 2 is 1.95 bits per heavy atom. The van der Waals surface area contributed by atoms with Gasteiger partial charge >= 0.3 is 0 Å². The van der Waals surface area contributed by atoms with Crippen LogP contribution < -0.4 is 10.1 Å². The number of benzene rings is 1. The number of amides is 2. The van der Waals surface area contributed by atoms with Crippen molar-refractivity contribution in [2.45, 2.75) is 26.3 Å². The van der Waals surface area contributed by atoms with Crippen LogP contribution in [0.15, 0.2) is 24.3 Å². The Kier molecular flexibility index (Phi) is 5.20. The summed E-state index contributed by atoms with van der Waals surface area (Å²) in [6, 6.07) is 7.64. The van der Waals surface area contributed by atoms with Crippen molar-refractivity contribution in [3.8, 4) is 5.75 Å². The Hall–Kier alpha value is -2.04. The number of hydrogen-bond acceptors (Lipinski definition) is 3. The summed E-state index contributed by atoms with van der Waals surface area (Å²) in [4.78, 5) is 25.0.